The first-order chi connectivity index (χ1) is 12.9. The molecule has 0 atom stereocenters. The number of hydrogen-bond donors (Lipinski definition) is 1. The summed E-state index contributed by atoms with van der Waals surface area (Å²) in [5, 5.41) is 2.76. The maximum atomic E-state index is 12.3. The highest BCUT2D eigenvalue weighted by Gasteiger charge is 2.17. The Balaban J connectivity index is 2.06. The predicted octanol–water partition coefficient (Wildman–Crippen LogP) is 3.67. The molecule has 0 aliphatic carbocycles. The van der Waals surface area contributed by atoms with Crippen LogP contribution in [0.15, 0.2) is 48.5 Å². The molecule has 6 nitrogen and oxygen atoms in total. The zero-order chi connectivity index (χ0) is 19.8. The van der Waals surface area contributed by atoms with Crippen molar-refractivity contribution in [3.63, 3.8) is 0 Å². The molecule has 0 unspecified atom stereocenters. The first kappa shape index (κ1) is 20.2. The highest BCUT2D eigenvalue weighted by atomic mass is 16.5. The van der Waals surface area contributed by atoms with Gasteiger partial charge in [0.25, 0.3) is 0 Å². The van der Waals surface area contributed by atoms with Crippen molar-refractivity contribution in [1.29, 1.82) is 0 Å². The number of hydrogen-bond acceptors (Lipinski definition) is 4. The molecule has 0 fully saturated rings. The largest absolute Gasteiger partial charge is 0.492 e. The Morgan fingerprint density at radius 1 is 1.04 bits per heavy atom. The van der Waals surface area contributed by atoms with E-state index in [0.717, 1.165) is 0 Å². The van der Waals surface area contributed by atoms with Crippen LogP contribution in [0, 0.1) is 0 Å². The van der Waals surface area contributed by atoms with Gasteiger partial charge in [0.15, 0.2) is 5.78 Å². The van der Waals surface area contributed by atoms with E-state index in [1.165, 1.54) is 18.7 Å². The lowest BCUT2D eigenvalue weighted by Gasteiger charge is -2.23. The van der Waals surface area contributed by atoms with Crippen molar-refractivity contribution in [2.75, 3.05) is 23.4 Å². The molecule has 0 spiro atoms. The summed E-state index contributed by atoms with van der Waals surface area (Å²) in [4.78, 5) is 37.4. The number of nitrogens with one attached hydrogen (secondary N) is 1. The Labute approximate surface area is 159 Å². The van der Waals surface area contributed by atoms with E-state index in [0.29, 0.717) is 29.3 Å². The second-order valence-electron chi connectivity index (χ2n) is 6.01. The van der Waals surface area contributed by atoms with Crippen molar-refractivity contribution < 1.29 is 19.1 Å². The van der Waals surface area contributed by atoms with E-state index in [2.05, 4.69) is 5.32 Å². The van der Waals surface area contributed by atoms with Gasteiger partial charge in [0.1, 0.15) is 5.75 Å². The fourth-order valence-electron chi connectivity index (χ4n) is 2.66. The number of ketones is 1. The molecule has 2 rings (SSSR count). The maximum absolute atomic E-state index is 12.3. The first-order valence-corrected chi connectivity index (χ1v) is 8.83. The molecular weight excluding hydrogens is 344 g/mol. The summed E-state index contributed by atoms with van der Waals surface area (Å²) in [6.07, 6.45) is 0.115. The van der Waals surface area contributed by atoms with Crippen LogP contribution in [0.1, 0.15) is 37.6 Å². The fraction of sp³-hybridized carbons (Fsp3) is 0.286. The van der Waals surface area contributed by atoms with Crippen molar-refractivity contribution in [2.24, 2.45) is 0 Å². The van der Waals surface area contributed by atoms with Crippen LogP contribution in [0.25, 0.3) is 0 Å². The van der Waals surface area contributed by atoms with E-state index in [9.17, 15) is 14.4 Å². The van der Waals surface area contributed by atoms with Gasteiger partial charge >= 0.3 is 0 Å². The minimum Gasteiger partial charge on any atom is -0.492 e. The van der Waals surface area contributed by atoms with Crippen molar-refractivity contribution in [2.45, 2.75) is 27.2 Å². The number of nitrogens with zero attached hydrogens (tertiary/aromatic N) is 1. The number of benzene rings is 2. The number of carbonyl (C=O) groups is 3. The number of Topliss-reactive ketones (excluding diaryl/α,β-unsaturated/α-hetero) is 1. The minimum atomic E-state index is -0.240. The maximum Gasteiger partial charge on any atom is 0.226 e. The van der Waals surface area contributed by atoms with Crippen LogP contribution >= 0.6 is 0 Å². The van der Waals surface area contributed by atoms with Crippen LogP contribution in [0.4, 0.5) is 11.4 Å². The summed E-state index contributed by atoms with van der Waals surface area (Å²) in [7, 11) is 0. The third kappa shape index (κ3) is 5.67. The molecule has 0 aromatic heterocycles. The SMILES string of the molecule is CCOc1ccccc1N(CCC(=O)Nc1cccc(C(C)=O)c1)C(C)=O. The summed E-state index contributed by atoms with van der Waals surface area (Å²) in [5.41, 5.74) is 1.72. The average molecular weight is 368 g/mol. The zero-order valence-corrected chi connectivity index (χ0v) is 15.8. The van der Waals surface area contributed by atoms with E-state index < -0.39 is 0 Å². The van der Waals surface area contributed by atoms with Crippen LogP contribution in [0.2, 0.25) is 0 Å². The zero-order valence-electron chi connectivity index (χ0n) is 15.8. The highest BCUT2D eigenvalue weighted by Crippen LogP contribution is 2.28. The number of rotatable bonds is 8. The smallest absolute Gasteiger partial charge is 0.226 e. The van der Waals surface area contributed by atoms with Crippen molar-refractivity contribution in [3.05, 3.63) is 54.1 Å². The van der Waals surface area contributed by atoms with Gasteiger partial charge < -0.3 is 15.0 Å². The van der Waals surface area contributed by atoms with Gasteiger partial charge in [-0.3, -0.25) is 14.4 Å². The third-order valence-corrected chi connectivity index (χ3v) is 3.95. The van der Waals surface area contributed by atoms with Gasteiger partial charge in [0, 0.05) is 31.1 Å². The molecular formula is C21H24N2O4. The number of para-hydroxylation sites is 2. The van der Waals surface area contributed by atoms with Crippen molar-refractivity contribution >= 4 is 29.0 Å². The van der Waals surface area contributed by atoms with Crippen LogP contribution in [-0.4, -0.2) is 30.7 Å². The standard InChI is InChI=1S/C21H24N2O4/c1-4-27-20-11-6-5-10-19(20)23(16(3)25)13-12-21(26)22-18-9-7-8-17(14-18)15(2)24/h5-11,14H,4,12-13H2,1-3H3,(H,22,26). The molecule has 0 bridgehead atoms. The number of anilines is 2. The average Bonchev–Trinajstić information content (AvgIpc) is 2.63. The molecule has 2 aromatic rings. The number of carbonyl (C=O) groups excluding carboxylic acids is 3. The van der Waals surface area contributed by atoms with Crippen LogP contribution < -0.4 is 15.0 Å². The topological polar surface area (TPSA) is 75.7 Å². The monoisotopic (exact) mass is 368 g/mol. The van der Waals surface area contributed by atoms with Crippen molar-refractivity contribution in [3.8, 4) is 5.75 Å². The fourth-order valence-corrected chi connectivity index (χ4v) is 2.66. The molecule has 0 heterocycles. The second-order valence-corrected chi connectivity index (χ2v) is 6.01. The molecule has 27 heavy (non-hydrogen) atoms. The minimum absolute atomic E-state index is 0.0682. The molecule has 6 heteroatoms. The van der Waals surface area contributed by atoms with E-state index >= 15 is 0 Å². The van der Waals surface area contributed by atoms with Gasteiger partial charge in [-0.2, -0.15) is 0 Å². The van der Waals surface area contributed by atoms with E-state index in [1.807, 2.05) is 19.1 Å². The van der Waals surface area contributed by atoms with Gasteiger partial charge in [-0.05, 0) is 38.1 Å². The number of amides is 2. The molecule has 142 valence electrons. The van der Waals surface area contributed by atoms with E-state index in [4.69, 9.17) is 4.74 Å². The lowest BCUT2D eigenvalue weighted by Crippen LogP contribution is -2.32. The van der Waals surface area contributed by atoms with Crippen molar-refractivity contribution in [1.82, 2.24) is 0 Å². The summed E-state index contributed by atoms with van der Waals surface area (Å²) in [5.74, 6) is 0.121. The molecule has 0 aliphatic rings. The highest BCUT2D eigenvalue weighted by molar-refractivity contribution is 5.98. The van der Waals surface area contributed by atoms with Gasteiger partial charge in [-0.1, -0.05) is 24.3 Å². The Morgan fingerprint density at radius 3 is 2.44 bits per heavy atom. The summed E-state index contributed by atoms with van der Waals surface area (Å²) < 4.78 is 5.58. The Bertz CT molecular complexity index is 832. The molecule has 0 aliphatic heterocycles. The first-order valence-electron chi connectivity index (χ1n) is 8.83. The van der Waals surface area contributed by atoms with Gasteiger partial charge in [-0.25, -0.2) is 0 Å². The summed E-state index contributed by atoms with van der Waals surface area (Å²) >= 11 is 0. The van der Waals surface area contributed by atoms with Gasteiger partial charge in [0.05, 0.1) is 12.3 Å². The van der Waals surface area contributed by atoms with Crippen LogP contribution in [0.5, 0.6) is 5.75 Å². The number of ether oxygens (including phenoxy) is 1. The van der Waals surface area contributed by atoms with E-state index in [-0.39, 0.29) is 30.6 Å². The molecule has 2 amide bonds. The lowest BCUT2D eigenvalue weighted by atomic mass is 10.1. The molecule has 1 N–H and O–H groups in total. The molecule has 0 saturated carbocycles. The summed E-state index contributed by atoms with van der Waals surface area (Å²) in [6, 6.07) is 14.0. The Morgan fingerprint density at radius 2 is 1.78 bits per heavy atom. The van der Waals surface area contributed by atoms with Crippen LogP contribution in [-0.2, 0) is 9.59 Å². The van der Waals surface area contributed by atoms with Gasteiger partial charge in [0.2, 0.25) is 11.8 Å². The Kier molecular flexibility index (Phi) is 7.11. The van der Waals surface area contributed by atoms with Crippen LogP contribution in [0.3, 0.4) is 0 Å². The molecule has 0 saturated heterocycles. The molecule has 2 aromatic carbocycles. The lowest BCUT2D eigenvalue weighted by molar-refractivity contribution is -0.117. The second kappa shape index (κ2) is 9.52. The summed E-state index contributed by atoms with van der Waals surface area (Å²) in [6.45, 7) is 5.50. The Hall–Kier alpha value is -3.15. The molecule has 0 radical (unpaired) electrons. The quantitative estimate of drug-likeness (QED) is 0.722. The van der Waals surface area contributed by atoms with Gasteiger partial charge in [-0.15, -0.1) is 0 Å². The third-order valence-electron chi connectivity index (χ3n) is 3.95. The normalized spacial score (nSPS) is 10.2. The predicted molar refractivity (Wildman–Crippen MR) is 105 cm³/mol. The van der Waals surface area contributed by atoms with E-state index in [1.54, 1.807) is 36.4 Å².